The Morgan fingerprint density at radius 2 is 1.65 bits per heavy atom. The van der Waals surface area contributed by atoms with Gasteiger partial charge in [0.15, 0.2) is 0 Å². The number of benzene rings is 1. The summed E-state index contributed by atoms with van der Waals surface area (Å²) in [6.07, 6.45) is 2.77. The minimum absolute atomic E-state index is 0.181. The van der Waals surface area contributed by atoms with E-state index in [1.807, 2.05) is 30.3 Å². The number of hydrogen-bond donors (Lipinski definition) is 0. The summed E-state index contributed by atoms with van der Waals surface area (Å²) in [5.41, 5.74) is 3.38. The predicted octanol–water partition coefficient (Wildman–Crippen LogP) is 3.57. The second-order valence-electron chi connectivity index (χ2n) is 4.10. The molecular formula is C15H16FN. The molecule has 0 amide bonds. The van der Waals surface area contributed by atoms with Crippen molar-refractivity contribution in [2.45, 2.75) is 26.2 Å². The second-order valence-corrected chi connectivity index (χ2v) is 4.10. The SMILES string of the molecule is CCc1cccc(CCc2ccc(F)cc2)n1. The first kappa shape index (κ1) is 11.8. The third-order valence-corrected chi connectivity index (χ3v) is 2.81. The third-order valence-electron chi connectivity index (χ3n) is 2.81. The molecule has 2 aromatic rings. The number of nitrogens with zero attached hydrogens (tertiary/aromatic N) is 1. The van der Waals surface area contributed by atoms with Crippen LogP contribution in [0.3, 0.4) is 0 Å². The van der Waals surface area contributed by atoms with E-state index in [1.54, 1.807) is 0 Å². The van der Waals surface area contributed by atoms with Crippen LogP contribution in [0.15, 0.2) is 42.5 Å². The highest BCUT2D eigenvalue weighted by Gasteiger charge is 1.99. The monoisotopic (exact) mass is 229 g/mol. The van der Waals surface area contributed by atoms with Gasteiger partial charge in [-0.1, -0.05) is 25.1 Å². The molecule has 0 fully saturated rings. The van der Waals surface area contributed by atoms with Gasteiger partial charge in [0.1, 0.15) is 5.82 Å². The molecule has 0 N–H and O–H groups in total. The first-order chi connectivity index (χ1) is 8.28. The molecule has 88 valence electrons. The standard InChI is InChI=1S/C15H16FN/c1-2-14-4-3-5-15(17-14)11-8-12-6-9-13(16)10-7-12/h3-7,9-10H,2,8,11H2,1H3. The van der Waals surface area contributed by atoms with Crippen molar-refractivity contribution in [3.8, 4) is 0 Å². The minimum Gasteiger partial charge on any atom is -0.258 e. The fraction of sp³-hybridized carbons (Fsp3) is 0.267. The maximum Gasteiger partial charge on any atom is 0.123 e. The lowest BCUT2D eigenvalue weighted by Crippen LogP contribution is -1.97. The summed E-state index contributed by atoms with van der Waals surface area (Å²) in [4.78, 5) is 4.55. The van der Waals surface area contributed by atoms with Gasteiger partial charge < -0.3 is 0 Å². The maximum atomic E-state index is 12.7. The Bertz CT molecular complexity index is 477. The fourth-order valence-electron chi connectivity index (χ4n) is 1.79. The van der Waals surface area contributed by atoms with Crippen molar-refractivity contribution < 1.29 is 4.39 Å². The molecule has 1 aromatic heterocycles. The Kier molecular flexibility index (Phi) is 3.86. The summed E-state index contributed by atoms with van der Waals surface area (Å²) in [5.74, 6) is -0.181. The van der Waals surface area contributed by atoms with Crippen LogP contribution in [0.5, 0.6) is 0 Å². The molecule has 0 atom stereocenters. The molecule has 0 saturated heterocycles. The molecule has 0 aliphatic carbocycles. The number of pyridine rings is 1. The number of aromatic nitrogens is 1. The van der Waals surface area contributed by atoms with Gasteiger partial charge in [0.25, 0.3) is 0 Å². The molecule has 0 aliphatic rings. The molecule has 2 heteroatoms. The normalized spacial score (nSPS) is 10.5. The summed E-state index contributed by atoms with van der Waals surface area (Å²) in [7, 11) is 0. The van der Waals surface area contributed by atoms with Crippen LogP contribution in [0, 0.1) is 5.82 Å². The Morgan fingerprint density at radius 3 is 2.35 bits per heavy atom. The number of hydrogen-bond acceptors (Lipinski definition) is 1. The van der Waals surface area contributed by atoms with Crippen molar-refractivity contribution >= 4 is 0 Å². The summed E-state index contributed by atoms with van der Waals surface area (Å²) >= 11 is 0. The Morgan fingerprint density at radius 1 is 0.941 bits per heavy atom. The number of aryl methyl sites for hydroxylation is 3. The first-order valence-electron chi connectivity index (χ1n) is 5.97. The van der Waals surface area contributed by atoms with E-state index in [0.717, 1.165) is 36.2 Å². The molecule has 1 aromatic carbocycles. The Labute approximate surface area is 101 Å². The molecular weight excluding hydrogens is 213 g/mol. The van der Waals surface area contributed by atoms with Crippen LogP contribution in [0.4, 0.5) is 4.39 Å². The van der Waals surface area contributed by atoms with E-state index < -0.39 is 0 Å². The highest BCUT2D eigenvalue weighted by molar-refractivity contribution is 5.18. The zero-order chi connectivity index (χ0) is 12.1. The van der Waals surface area contributed by atoms with Crippen LogP contribution in [0.1, 0.15) is 23.9 Å². The minimum atomic E-state index is -0.181. The van der Waals surface area contributed by atoms with E-state index in [2.05, 4.69) is 11.9 Å². The van der Waals surface area contributed by atoms with Crippen LogP contribution in [0.25, 0.3) is 0 Å². The second kappa shape index (κ2) is 5.58. The van der Waals surface area contributed by atoms with Crippen molar-refractivity contribution in [2.24, 2.45) is 0 Å². The summed E-state index contributed by atoms with van der Waals surface area (Å²) < 4.78 is 12.7. The van der Waals surface area contributed by atoms with Crippen LogP contribution in [-0.4, -0.2) is 4.98 Å². The van der Waals surface area contributed by atoms with Gasteiger partial charge in [-0.05, 0) is 49.1 Å². The van der Waals surface area contributed by atoms with Crippen LogP contribution in [-0.2, 0) is 19.3 Å². The molecule has 2 rings (SSSR count). The first-order valence-corrected chi connectivity index (χ1v) is 5.97. The van der Waals surface area contributed by atoms with Crippen molar-refractivity contribution in [3.05, 3.63) is 65.2 Å². The van der Waals surface area contributed by atoms with Crippen LogP contribution >= 0.6 is 0 Å². The molecule has 0 saturated carbocycles. The van der Waals surface area contributed by atoms with Gasteiger partial charge in [-0.25, -0.2) is 4.39 Å². The number of halogens is 1. The summed E-state index contributed by atoms with van der Waals surface area (Å²) in [6.45, 7) is 2.10. The number of rotatable bonds is 4. The smallest absolute Gasteiger partial charge is 0.123 e. The lowest BCUT2D eigenvalue weighted by atomic mass is 10.1. The molecule has 1 nitrogen and oxygen atoms in total. The molecule has 17 heavy (non-hydrogen) atoms. The van der Waals surface area contributed by atoms with Gasteiger partial charge in [0, 0.05) is 11.4 Å². The van der Waals surface area contributed by atoms with Gasteiger partial charge >= 0.3 is 0 Å². The van der Waals surface area contributed by atoms with E-state index in [9.17, 15) is 4.39 Å². The summed E-state index contributed by atoms with van der Waals surface area (Å²) in [6, 6.07) is 12.8. The summed E-state index contributed by atoms with van der Waals surface area (Å²) in [5, 5.41) is 0. The quantitative estimate of drug-likeness (QED) is 0.781. The van der Waals surface area contributed by atoms with Gasteiger partial charge in [-0.15, -0.1) is 0 Å². The van der Waals surface area contributed by atoms with Crippen LogP contribution < -0.4 is 0 Å². The molecule has 0 unspecified atom stereocenters. The molecule has 0 aliphatic heterocycles. The van der Waals surface area contributed by atoms with Gasteiger partial charge in [-0.3, -0.25) is 4.98 Å². The molecule has 0 spiro atoms. The molecule has 1 heterocycles. The van der Waals surface area contributed by atoms with Gasteiger partial charge in [0.2, 0.25) is 0 Å². The van der Waals surface area contributed by atoms with Crippen LogP contribution in [0.2, 0.25) is 0 Å². The van der Waals surface area contributed by atoms with E-state index in [0.29, 0.717) is 0 Å². The maximum absolute atomic E-state index is 12.7. The van der Waals surface area contributed by atoms with E-state index >= 15 is 0 Å². The highest BCUT2D eigenvalue weighted by atomic mass is 19.1. The van der Waals surface area contributed by atoms with E-state index in [1.165, 1.54) is 12.1 Å². The van der Waals surface area contributed by atoms with Crippen molar-refractivity contribution in [3.63, 3.8) is 0 Å². The van der Waals surface area contributed by atoms with Gasteiger partial charge in [-0.2, -0.15) is 0 Å². The lowest BCUT2D eigenvalue weighted by Gasteiger charge is -2.03. The van der Waals surface area contributed by atoms with E-state index in [4.69, 9.17) is 0 Å². The van der Waals surface area contributed by atoms with Gasteiger partial charge in [0.05, 0.1) is 0 Å². The molecule has 0 radical (unpaired) electrons. The fourth-order valence-corrected chi connectivity index (χ4v) is 1.79. The zero-order valence-electron chi connectivity index (χ0n) is 9.99. The average molecular weight is 229 g/mol. The Hall–Kier alpha value is -1.70. The lowest BCUT2D eigenvalue weighted by molar-refractivity contribution is 0.627. The third kappa shape index (κ3) is 3.38. The largest absolute Gasteiger partial charge is 0.258 e. The average Bonchev–Trinajstić information content (AvgIpc) is 2.38. The van der Waals surface area contributed by atoms with Crippen molar-refractivity contribution in [2.75, 3.05) is 0 Å². The van der Waals surface area contributed by atoms with Crippen molar-refractivity contribution in [1.82, 2.24) is 4.98 Å². The Balaban J connectivity index is 1.99. The van der Waals surface area contributed by atoms with E-state index in [-0.39, 0.29) is 5.82 Å². The topological polar surface area (TPSA) is 12.9 Å². The molecule has 0 bridgehead atoms. The van der Waals surface area contributed by atoms with Crippen molar-refractivity contribution in [1.29, 1.82) is 0 Å². The predicted molar refractivity (Wildman–Crippen MR) is 67.4 cm³/mol. The highest BCUT2D eigenvalue weighted by Crippen LogP contribution is 2.08. The zero-order valence-corrected chi connectivity index (χ0v) is 9.99.